The zero-order valence-electron chi connectivity index (χ0n) is 15.1. The average Bonchev–Trinajstić information content (AvgIpc) is 3.09. The van der Waals surface area contributed by atoms with E-state index in [0.29, 0.717) is 32.7 Å². The van der Waals surface area contributed by atoms with Crippen LogP contribution < -0.4 is 10.2 Å². The van der Waals surface area contributed by atoms with Crippen molar-refractivity contribution in [2.24, 2.45) is 0 Å². The van der Waals surface area contributed by atoms with Gasteiger partial charge in [0.1, 0.15) is 6.10 Å². The van der Waals surface area contributed by atoms with Crippen LogP contribution in [-0.2, 0) is 9.53 Å². The maximum absolute atomic E-state index is 12.7. The molecule has 2 aliphatic heterocycles. The van der Waals surface area contributed by atoms with Gasteiger partial charge >= 0.3 is 6.03 Å². The lowest BCUT2D eigenvalue weighted by Gasteiger charge is -2.33. The van der Waals surface area contributed by atoms with Gasteiger partial charge in [-0.15, -0.1) is 0 Å². The third-order valence-corrected chi connectivity index (χ3v) is 5.05. The van der Waals surface area contributed by atoms with Crippen molar-refractivity contribution in [3.8, 4) is 0 Å². The molecule has 0 radical (unpaired) electrons. The average molecular weight is 365 g/mol. The second-order valence-corrected chi connectivity index (χ2v) is 6.91. The lowest BCUT2D eigenvalue weighted by Crippen LogP contribution is -2.50. The van der Waals surface area contributed by atoms with Gasteiger partial charge in [0, 0.05) is 25.2 Å². The third-order valence-electron chi connectivity index (χ3n) is 5.05. The van der Waals surface area contributed by atoms with Crippen molar-refractivity contribution in [1.82, 2.24) is 10.2 Å². The van der Waals surface area contributed by atoms with Crippen LogP contribution in [0.1, 0.15) is 18.1 Å². The van der Waals surface area contributed by atoms with E-state index in [9.17, 15) is 9.59 Å². The quantitative estimate of drug-likeness (QED) is 0.909. The van der Waals surface area contributed by atoms with Gasteiger partial charge in [-0.3, -0.25) is 4.79 Å². The van der Waals surface area contributed by atoms with Gasteiger partial charge in [-0.05, 0) is 17.7 Å². The highest BCUT2D eigenvalue weighted by molar-refractivity contribution is 5.96. The number of hydrogen-bond donors (Lipinski definition) is 1. The number of carbonyl (C=O) groups excluding carboxylic acids is 2. The van der Waals surface area contributed by atoms with Crippen LogP contribution >= 0.6 is 0 Å². The zero-order valence-corrected chi connectivity index (χ0v) is 15.1. The Labute approximate surface area is 158 Å². The van der Waals surface area contributed by atoms with E-state index < -0.39 is 0 Å². The number of rotatable bonds is 3. The predicted octanol–water partition coefficient (Wildman–Crippen LogP) is 2.58. The second-order valence-electron chi connectivity index (χ2n) is 6.91. The minimum absolute atomic E-state index is 0.0376. The number of para-hydroxylation sites is 1. The van der Waals surface area contributed by atoms with Gasteiger partial charge in [0.2, 0.25) is 5.91 Å². The van der Waals surface area contributed by atoms with Crippen molar-refractivity contribution >= 4 is 17.6 Å². The molecule has 0 bridgehead atoms. The number of anilines is 1. The first-order chi connectivity index (χ1) is 13.2. The molecule has 2 heterocycles. The molecule has 2 atom stereocenters. The van der Waals surface area contributed by atoms with E-state index in [-0.39, 0.29) is 24.1 Å². The summed E-state index contributed by atoms with van der Waals surface area (Å²) >= 11 is 0. The fourth-order valence-corrected chi connectivity index (χ4v) is 3.63. The normalized spacial score (nSPS) is 22.7. The summed E-state index contributed by atoms with van der Waals surface area (Å²) in [6, 6.07) is 19.2. The van der Waals surface area contributed by atoms with E-state index in [2.05, 4.69) is 5.32 Å². The topological polar surface area (TPSA) is 61.9 Å². The molecule has 27 heavy (non-hydrogen) atoms. The van der Waals surface area contributed by atoms with E-state index in [0.717, 1.165) is 11.3 Å². The van der Waals surface area contributed by atoms with Gasteiger partial charge in [-0.2, -0.15) is 0 Å². The van der Waals surface area contributed by atoms with Crippen LogP contribution in [0, 0.1) is 0 Å². The molecule has 2 aromatic rings. The zero-order chi connectivity index (χ0) is 18.6. The molecule has 6 nitrogen and oxygen atoms in total. The van der Waals surface area contributed by atoms with Gasteiger partial charge in [-0.25, -0.2) is 4.79 Å². The van der Waals surface area contributed by atoms with Crippen LogP contribution in [0.2, 0.25) is 0 Å². The van der Waals surface area contributed by atoms with E-state index >= 15 is 0 Å². The molecule has 1 N–H and O–H groups in total. The molecule has 3 amide bonds. The van der Waals surface area contributed by atoms with Gasteiger partial charge in [0.05, 0.1) is 19.2 Å². The Hall–Kier alpha value is -2.86. The summed E-state index contributed by atoms with van der Waals surface area (Å²) in [5, 5.41) is 3.02. The Bertz CT molecular complexity index is 797. The van der Waals surface area contributed by atoms with Crippen molar-refractivity contribution in [3.63, 3.8) is 0 Å². The Morgan fingerprint density at radius 1 is 1.00 bits per heavy atom. The number of nitrogens with zero attached hydrogens (tertiary/aromatic N) is 2. The molecule has 0 unspecified atom stereocenters. The largest absolute Gasteiger partial charge is 0.370 e. The summed E-state index contributed by atoms with van der Waals surface area (Å²) in [6.45, 7) is 2.07. The van der Waals surface area contributed by atoms with Gasteiger partial charge < -0.3 is 19.9 Å². The Morgan fingerprint density at radius 3 is 2.44 bits per heavy atom. The molecular formula is C21H23N3O3. The van der Waals surface area contributed by atoms with Crippen LogP contribution in [0.15, 0.2) is 60.7 Å². The molecule has 6 heteroatoms. The molecule has 4 rings (SSSR count). The van der Waals surface area contributed by atoms with E-state index in [1.165, 1.54) is 0 Å². The third kappa shape index (κ3) is 3.95. The molecule has 2 fully saturated rings. The van der Waals surface area contributed by atoms with E-state index in [4.69, 9.17) is 4.74 Å². The highest BCUT2D eigenvalue weighted by Gasteiger charge is 2.33. The highest BCUT2D eigenvalue weighted by atomic mass is 16.5. The summed E-state index contributed by atoms with van der Waals surface area (Å²) in [4.78, 5) is 28.5. The molecule has 2 saturated heterocycles. The molecular weight excluding hydrogens is 342 g/mol. The Kier molecular flexibility index (Phi) is 5.07. The predicted molar refractivity (Wildman–Crippen MR) is 102 cm³/mol. The van der Waals surface area contributed by atoms with Crippen LogP contribution in [-0.4, -0.2) is 49.1 Å². The highest BCUT2D eigenvalue weighted by Crippen LogP contribution is 2.23. The first-order valence-electron chi connectivity index (χ1n) is 9.28. The number of hydrogen-bond acceptors (Lipinski definition) is 3. The first-order valence-corrected chi connectivity index (χ1v) is 9.28. The maximum atomic E-state index is 12.7. The monoisotopic (exact) mass is 365 g/mol. The molecule has 0 aromatic heterocycles. The van der Waals surface area contributed by atoms with Crippen molar-refractivity contribution in [2.45, 2.75) is 18.6 Å². The fraction of sp³-hybridized carbons (Fsp3) is 0.333. The number of nitrogens with one attached hydrogen (secondary N) is 1. The summed E-state index contributed by atoms with van der Waals surface area (Å²) < 4.78 is 5.82. The molecule has 0 spiro atoms. The summed E-state index contributed by atoms with van der Waals surface area (Å²) in [5.74, 6) is 0.0376. The molecule has 2 aliphatic rings. The number of morpholine rings is 1. The standard InChI is InChI=1S/C21H23N3O3/c25-20-13-17(14-24(20)18-9-5-2-6-10-18)22-21(26)23-11-12-27-19(15-23)16-7-3-1-4-8-16/h1-10,17,19H,11-15H2,(H,22,26)/t17-,19+/m1/s1. The number of amides is 3. The summed E-state index contributed by atoms with van der Waals surface area (Å²) in [6.07, 6.45) is 0.212. The van der Waals surface area contributed by atoms with Gasteiger partial charge in [-0.1, -0.05) is 48.5 Å². The molecule has 0 aliphatic carbocycles. The van der Waals surface area contributed by atoms with Crippen LogP contribution in [0.5, 0.6) is 0 Å². The summed E-state index contributed by atoms with van der Waals surface area (Å²) in [5.41, 5.74) is 1.94. The van der Waals surface area contributed by atoms with Crippen molar-refractivity contribution in [3.05, 3.63) is 66.2 Å². The van der Waals surface area contributed by atoms with E-state index in [1.807, 2.05) is 60.7 Å². The number of benzene rings is 2. The van der Waals surface area contributed by atoms with Crippen molar-refractivity contribution < 1.29 is 14.3 Å². The fourth-order valence-electron chi connectivity index (χ4n) is 3.63. The second kappa shape index (κ2) is 7.80. The Morgan fingerprint density at radius 2 is 1.70 bits per heavy atom. The SMILES string of the molecule is O=C(N[C@@H]1CC(=O)N(c2ccccc2)C1)N1CCO[C@H](c2ccccc2)C1. The lowest BCUT2D eigenvalue weighted by atomic mass is 10.1. The lowest BCUT2D eigenvalue weighted by molar-refractivity contribution is -0.117. The number of urea groups is 1. The molecule has 2 aromatic carbocycles. The van der Waals surface area contributed by atoms with Crippen LogP contribution in [0.4, 0.5) is 10.5 Å². The summed E-state index contributed by atoms with van der Waals surface area (Å²) in [7, 11) is 0. The van der Waals surface area contributed by atoms with Crippen molar-refractivity contribution in [2.75, 3.05) is 31.1 Å². The number of ether oxygens (including phenoxy) is 1. The van der Waals surface area contributed by atoms with Crippen molar-refractivity contribution in [1.29, 1.82) is 0 Å². The van der Waals surface area contributed by atoms with Gasteiger partial charge in [0.25, 0.3) is 0 Å². The van der Waals surface area contributed by atoms with Crippen LogP contribution in [0.3, 0.4) is 0 Å². The van der Waals surface area contributed by atoms with E-state index in [1.54, 1.807) is 9.80 Å². The van der Waals surface area contributed by atoms with Gasteiger partial charge in [0.15, 0.2) is 0 Å². The molecule has 140 valence electrons. The molecule has 0 saturated carbocycles. The maximum Gasteiger partial charge on any atom is 0.317 e. The minimum atomic E-state index is -0.178. The minimum Gasteiger partial charge on any atom is -0.370 e. The van der Waals surface area contributed by atoms with Crippen LogP contribution in [0.25, 0.3) is 0 Å². The first kappa shape index (κ1) is 17.5. The smallest absolute Gasteiger partial charge is 0.317 e. The Balaban J connectivity index is 1.36. The number of carbonyl (C=O) groups is 2.